The van der Waals surface area contributed by atoms with Gasteiger partial charge in [-0.15, -0.1) is 24.0 Å². The summed E-state index contributed by atoms with van der Waals surface area (Å²) in [6.45, 7) is -1.61. The molecule has 0 saturated carbocycles. The second-order valence-corrected chi connectivity index (χ2v) is 4.81. The molecule has 0 radical (unpaired) electrons. The van der Waals surface area contributed by atoms with E-state index in [0.717, 1.165) is 0 Å². The zero-order chi connectivity index (χ0) is 12.2. The molecule has 90 valence electrons. The molecule has 1 aromatic rings. The van der Waals surface area contributed by atoms with Crippen LogP contribution >= 0.6 is 24.0 Å². The third kappa shape index (κ3) is 2.96. The zero-order valence-corrected chi connectivity index (χ0v) is 10.1. The van der Waals surface area contributed by atoms with E-state index in [1.165, 1.54) is 11.3 Å². The number of aliphatic hydroxyl groups excluding tert-OH is 3. The number of hydrogen-bond donors (Lipinski definition) is 5. The number of amides is 1. The molecule has 0 aliphatic rings. The summed E-state index contributed by atoms with van der Waals surface area (Å²) in [5, 5.41) is 31.2. The van der Waals surface area contributed by atoms with Crippen molar-refractivity contribution in [1.82, 2.24) is 5.32 Å². The molecule has 0 unspecified atom stereocenters. The lowest BCUT2D eigenvalue weighted by Gasteiger charge is -2.28. The Morgan fingerprint density at radius 2 is 1.94 bits per heavy atom. The molecule has 1 rings (SSSR count). The lowest BCUT2D eigenvalue weighted by atomic mass is 10.0. The van der Waals surface area contributed by atoms with E-state index in [1.807, 2.05) is 0 Å². The van der Waals surface area contributed by atoms with Crippen molar-refractivity contribution in [1.29, 1.82) is 0 Å². The molecule has 0 saturated heterocycles. The van der Waals surface area contributed by atoms with E-state index in [2.05, 4.69) is 17.9 Å². The highest BCUT2D eigenvalue weighted by atomic mass is 32.1. The Kier molecular flexibility index (Phi) is 4.75. The van der Waals surface area contributed by atoms with Crippen LogP contribution in [0.2, 0.25) is 0 Å². The van der Waals surface area contributed by atoms with Gasteiger partial charge in [0.15, 0.2) is 0 Å². The standard InChI is InChI=1S/C9H13NO4S2/c11-3-9(4-12,5-13)10-8(14)7-1-6(15)2-16-7/h1-2,11-13,15H,3-5H2,(H,10,14). The van der Waals surface area contributed by atoms with E-state index in [0.29, 0.717) is 9.77 Å². The lowest BCUT2D eigenvalue weighted by Crippen LogP contribution is -2.56. The second kappa shape index (κ2) is 5.65. The number of carbonyl (C=O) groups is 1. The molecule has 4 N–H and O–H groups in total. The molecular weight excluding hydrogens is 250 g/mol. The largest absolute Gasteiger partial charge is 0.394 e. The van der Waals surface area contributed by atoms with Crippen LogP contribution in [0.3, 0.4) is 0 Å². The first-order chi connectivity index (χ1) is 7.56. The molecule has 5 nitrogen and oxygen atoms in total. The number of nitrogens with one attached hydrogen (secondary N) is 1. The SMILES string of the molecule is O=C(NC(CO)(CO)CO)c1cc(S)cs1. The first-order valence-corrected chi connectivity index (χ1v) is 5.82. The molecule has 1 amide bonds. The summed E-state index contributed by atoms with van der Waals surface area (Å²) in [7, 11) is 0. The van der Waals surface area contributed by atoms with Crippen LogP contribution in [0.15, 0.2) is 16.3 Å². The monoisotopic (exact) mass is 263 g/mol. The van der Waals surface area contributed by atoms with Crippen LogP contribution < -0.4 is 5.32 Å². The quantitative estimate of drug-likeness (QED) is 0.463. The van der Waals surface area contributed by atoms with Crippen molar-refractivity contribution in [2.24, 2.45) is 0 Å². The number of thiol groups is 1. The highest BCUT2D eigenvalue weighted by molar-refractivity contribution is 7.80. The molecule has 0 atom stereocenters. The molecule has 16 heavy (non-hydrogen) atoms. The number of thiophene rings is 1. The Labute approximate surface area is 102 Å². The average molecular weight is 263 g/mol. The second-order valence-electron chi connectivity index (χ2n) is 3.38. The molecule has 0 bridgehead atoms. The fourth-order valence-corrected chi connectivity index (χ4v) is 2.06. The Morgan fingerprint density at radius 3 is 2.31 bits per heavy atom. The Bertz CT molecular complexity index is 354. The van der Waals surface area contributed by atoms with Gasteiger partial charge in [0, 0.05) is 10.3 Å². The molecule has 7 heteroatoms. The van der Waals surface area contributed by atoms with Crippen molar-refractivity contribution in [3.8, 4) is 0 Å². The summed E-state index contributed by atoms with van der Waals surface area (Å²) in [6.07, 6.45) is 0. The molecular formula is C9H13NO4S2. The molecule has 1 heterocycles. The smallest absolute Gasteiger partial charge is 0.262 e. The Hall–Kier alpha value is -0.600. The third-order valence-electron chi connectivity index (χ3n) is 2.10. The van der Waals surface area contributed by atoms with Crippen molar-refractivity contribution in [3.05, 3.63) is 16.3 Å². The van der Waals surface area contributed by atoms with Gasteiger partial charge in [-0.3, -0.25) is 4.79 Å². The molecule has 0 aliphatic heterocycles. The predicted octanol–water partition coefficient (Wildman–Crippen LogP) is -0.518. The van der Waals surface area contributed by atoms with E-state index in [1.54, 1.807) is 11.4 Å². The topological polar surface area (TPSA) is 89.8 Å². The summed E-state index contributed by atoms with van der Waals surface area (Å²) in [5.41, 5.74) is -1.39. The van der Waals surface area contributed by atoms with E-state index >= 15 is 0 Å². The summed E-state index contributed by atoms with van der Waals surface area (Å²) < 4.78 is 0. The first-order valence-electron chi connectivity index (χ1n) is 4.49. The van der Waals surface area contributed by atoms with Crippen LogP contribution in [0.4, 0.5) is 0 Å². The van der Waals surface area contributed by atoms with Gasteiger partial charge in [0.1, 0.15) is 5.54 Å². The summed E-state index contributed by atoms with van der Waals surface area (Å²) in [5.74, 6) is -0.456. The summed E-state index contributed by atoms with van der Waals surface area (Å²) in [4.78, 5) is 12.8. The van der Waals surface area contributed by atoms with Gasteiger partial charge in [0.05, 0.1) is 24.7 Å². The van der Waals surface area contributed by atoms with E-state index in [9.17, 15) is 4.79 Å². The van der Waals surface area contributed by atoms with Crippen molar-refractivity contribution in [3.63, 3.8) is 0 Å². The van der Waals surface area contributed by atoms with Crippen LogP contribution in [-0.4, -0.2) is 46.6 Å². The fraction of sp³-hybridized carbons (Fsp3) is 0.444. The molecule has 0 spiro atoms. The van der Waals surface area contributed by atoms with Crippen LogP contribution in [0.1, 0.15) is 9.67 Å². The predicted molar refractivity (Wildman–Crippen MR) is 63.0 cm³/mol. The number of rotatable bonds is 5. The summed E-state index contributed by atoms with van der Waals surface area (Å²) >= 11 is 5.26. The molecule has 1 aromatic heterocycles. The normalized spacial score (nSPS) is 11.5. The minimum atomic E-state index is -1.39. The van der Waals surface area contributed by atoms with Crippen LogP contribution in [0.5, 0.6) is 0 Å². The third-order valence-corrected chi connectivity index (χ3v) is 3.46. The van der Waals surface area contributed by atoms with E-state index < -0.39 is 31.3 Å². The van der Waals surface area contributed by atoms with Gasteiger partial charge < -0.3 is 20.6 Å². The maximum Gasteiger partial charge on any atom is 0.262 e. The highest BCUT2D eigenvalue weighted by Gasteiger charge is 2.30. The Morgan fingerprint density at radius 1 is 1.38 bits per heavy atom. The zero-order valence-electron chi connectivity index (χ0n) is 8.38. The highest BCUT2D eigenvalue weighted by Crippen LogP contribution is 2.18. The minimum absolute atomic E-state index is 0.407. The van der Waals surface area contributed by atoms with Crippen LogP contribution in [-0.2, 0) is 0 Å². The van der Waals surface area contributed by atoms with Gasteiger partial charge in [0.25, 0.3) is 5.91 Å². The molecule has 0 aliphatic carbocycles. The van der Waals surface area contributed by atoms with Crippen molar-refractivity contribution < 1.29 is 20.1 Å². The van der Waals surface area contributed by atoms with Gasteiger partial charge in [-0.05, 0) is 6.07 Å². The average Bonchev–Trinajstić information content (AvgIpc) is 2.73. The number of carbonyl (C=O) groups excluding carboxylic acids is 1. The van der Waals surface area contributed by atoms with Gasteiger partial charge in [-0.25, -0.2) is 0 Å². The van der Waals surface area contributed by atoms with Gasteiger partial charge in [-0.1, -0.05) is 0 Å². The van der Waals surface area contributed by atoms with Crippen LogP contribution in [0, 0.1) is 0 Å². The lowest BCUT2D eigenvalue weighted by molar-refractivity contribution is 0.0377. The maximum atomic E-state index is 11.7. The van der Waals surface area contributed by atoms with Crippen molar-refractivity contribution in [2.45, 2.75) is 10.4 Å². The minimum Gasteiger partial charge on any atom is -0.394 e. The van der Waals surface area contributed by atoms with Gasteiger partial charge in [-0.2, -0.15) is 0 Å². The maximum absolute atomic E-state index is 11.7. The van der Waals surface area contributed by atoms with Crippen LogP contribution in [0.25, 0.3) is 0 Å². The Balaban J connectivity index is 2.76. The fourth-order valence-electron chi connectivity index (χ4n) is 1.02. The van der Waals surface area contributed by atoms with Gasteiger partial charge in [0.2, 0.25) is 0 Å². The number of aliphatic hydroxyl groups is 3. The first kappa shape index (κ1) is 13.5. The van der Waals surface area contributed by atoms with E-state index in [-0.39, 0.29) is 0 Å². The van der Waals surface area contributed by atoms with Gasteiger partial charge >= 0.3 is 0 Å². The van der Waals surface area contributed by atoms with Crippen molar-refractivity contribution >= 4 is 29.9 Å². The number of hydrogen-bond acceptors (Lipinski definition) is 6. The summed E-state index contributed by atoms with van der Waals surface area (Å²) in [6, 6.07) is 1.57. The molecule has 0 fully saturated rings. The van der Waals surface area contributed by atoms with E-state index in [4.69, 9.17) is 15.3 Å². The van der Waals surface area contributed by atoms with Crippen molar-refractivity contribution in [2.75, 3.05) is 19.8 Å². The molecule has 0 aromatic carbocycles.